The van der Waals surface area contributed by atoms with Gasteiger partial charge in [-0.2, -0.15) is 5.26 Å². The minimum atomic E-state index is -0.121. The van der Waals surface area contributed by atoms with Gasteiger partial charge in [0, 0.05) is 0 Å². The second-order valence-corrected chi connectivity index (χ2v) is 2.11. The summed E-state index contributed by atoms with van der Waals surface area (Å²) >= 11 is 0. The van der Waals surface area contributed by atoms with Crippen molar-refractivity contribution in [1.82, 2.24) is 0 Å². The van der Waals surface area contributed by atoms with E-state index in [-0.39, 0.29) is 12.2 Å². The van der Waals surface area contributed by atoms with Crippen molar-refractivity contribution in [3.63, 3.8) is 0 Å². The van der Waals surface area contributed by atoms with Crippen LogP contribution in [0.15, 0.2) is 12.2 Å². The van der Waals surface area contributed by atoms with Gasteiger partial charge in [0.05, 0.1) is 12.5 Å². The average molecular weight is 137 g/mol. The van der Waals surface area contributed by atoms with Crippen molar-refractivity contribution in [2.24, 2.45) is 0 Å². The Morgan fingerprint density at radius 3 is 2.70 bits per heavy atom. The van der Waals surface area contributed by atoms with E-state index in [1.165, 1.54) is 0 Å². The number of Topliss-reactive ketones (excluding diaryl/α,β-unsaturated/α-hetero) is 1. The predicted molar refractivity (Wildman–Crippen MR) is 39.3 cm³/mol. The van der Waals surface area contributed by atoms with E-state index in [0.717, 1.165) is 6.42 Å². The van der Waals surface area contributed by atoms with Crippen LogP contribution in [0.3, 0.4) is 0 Å². The van der Waals surface area contributed by atoms with E-state index in [4.69, 9.17) is 5.26 Å². The van der Waals surface area contributed by atoms with Crippen molar-refractivity contribution in [3.8, 4) is 6.07 Å². The molecule has 2 nitrogen and oxygen atoms in total. The van der Waals surface area contributed by atoms with Gasteiger partial charge in [0.25, 0.3) is 0 Å². The SMILES string of the molecule is C=C(CCC)C(=O)CC#N. The molecule has 0 bridgehead atoms. The van der Waals surface area contributed by atoms with Crippen molar-refractivity contribution in [3.05, 3.63) is 12.2 Å². The van der Waals surface area contributed by atoms with Crippen molar-refractivity contribution < 1.29 is 4.79 Å². The van der Waals surface area contributed by atoms with Crippen molar-refractivity contribution >= 4 is 5.78 Å². The number of carbonyl (C=O) groups is 1. The first kappa shape index (κ1) is 8.90. The van der Waals surface area contributed by atoms with Crippen molar-refractivity contribution in [2.75, 3.05) is 0 Å². The first-order chi connectivity index (χ1) is 4.72. The Kier molecular flexibility index (Phi) is 4.23. The Balaban J connectivity index is 3.74. The second-order valence-electron chi connectivity index (χ2n) is 2.11. The highest BCUT2D eigenvalue weighted by molar-refractivity contribution is 5.95. The van der Waals surface area contributed by atoms with Gasteiger partial charge in [-0.05, 0) is 12.0 Å². The van der Waals surface area contributed by atoms with Gasteiger partial charge in [0.2, 0.25) is 0 Å². The maximum atomic E-state index is 10.8. The highest BCUT2D eigenvalue weighted by atomic mass is 16.1. The molecule has 0 aliphatic rings. The molecule has 0 saturated heterocycles. The normalized spacial score (nSPS) is 8.40. The number of allylic oxidation sites excluding steroid dienone is 1. The Bertz CT molecular complexity index is 176. The molecule has 0 unspecified atom stereocenters. The number of hydrogen-bond acceptors (Lipinski definition) is 2. The molecular weight excluding hydrogens is 126 g/mol. The summed E-state index contributed by atoms with van der Waals surface area (Å²) in [7, 11) is 0. The van der Waals surface area contributed by atoms with E-state index in [1.54, 1.807) is 6.07 Å². The number of nitriles is 1. The van der Waals surface area contributed by atoms with Gasteiger partial charge in [-0.3, -0.25) is 4.79 Å². The van der Waals surface area contributed by atoms with Crippen LogP contribution in [0.2, 0.25) is 0 Å². The molecule has 2 heteroatoms. The summed E-state index contributed by atoms with van der Waals surface area (Å²) in [6, 6.07) is 1.80. The molecule has 0 fully saturated rings. The Morgan fingerprint density at radius 1 is 1.70 bits per heavy atom. The van der Waals surface area contributed by atoms with E-state index in [9.17, 15) is 4.79 Å². The molecule has 0 amide bonds. The number of ketones is 1. The van der Waals surface area contributed by atoms with Crippen LogP contribution in [0.5, 0.6) is 0 Å². The molecule has 0 aliphatic carbocycles. The summed E-state index contributed by atoms with van der Waals surface area (Å²) in [4.78, 5) is 10.8. The Morgan fingerprint density at radius 2 is 2.30 bits per heavy atom. The van der Waals surface area contributed by atoms with Crippen LogP contribution >= 0.6 is 0 Å². The minimum absolute atomic E-state index is 0.0289. The number of rotatable bonds is 4. The summed E-state index contributed by atoms with van der Waals surface area (Å²) in [6.45, 7) is 5.54. The van der Waals surface area contributed by atoms with E-state index in [1.807, 2.05) is 6.92 Å². The highest BCUT2D eigenvalue weighted by Gasteiger charge is 2.03. The molecule has 0 aromatic heterocycles. The van der Waals surface area contributed by atoms with Crippen LogP contribution in [-0.2, 0) is 4.79 Å². The summed E-state index contributed by atoms with van der Waals surface area (Å²) in [6.07, 6.45) is 1.59. The van der Waals surface area contributed by atoms with Crippen molar-refractivity contribution in [1.29, 1.82) is 5.26 Å². The first-order valence-electron chi connectivity index (χ1n) is 3.30. The number of hydrogen-bond donors (Lipinski definition) is 0. The summed E-state index contributed by atoms with van der Waals surface area (Å²) < 4.78 is 0. The quantitative estimate of drug-likeness (QED) is 0.554. The van der Waals surface area contributed by atoms with Gasteiger partial charge in [0.15, 0.2) is 5.78 Å². The van der Waals surface area contributed by atoms with Crippen LogP contribution < -0.4 is 0 Å². The monoisotopic (exact) mass is 137 g/mol. The molecular formula is C8H11NO. The molecule has 0 heterocycles. The molecule has 10 heavy (non-hydrogen) atoms. The minimum Gasteiger partial charge on any atom is -0.293 e. The van der Waals surface area contributed by atoms with Crippen LogP contribution in [0, 0.1) is 11.3 Å². The number of nitrogens with zero attached hydrogens (tertiary/aromatic N) is 1. The lowest BCUT2D eigenvalue weighted by molar-refractivity contribution is -0.114. The molecule has 0 spiro atoms. The zero-order chi connectivity index (χ0) is 7.98. The van der Waals surface area contributed by atoms with Crippen LogP contribution in [-0.4, -0.2) is 5.78 Å². The van der Waals surface area contributed by atoms with E-state index >= 15 is 0 Å². The van der Waals surface area contributed by atoms with Gasteiger partial charge in [-0.25, -0.2) is 0 Å². The zero-order valence-electron chi connectivity index (χ0n) is 6.18. The largest absolute Gasteiger partial charge is 0.293 e. The molecule has 0 aromatic rings. The third-order valence-corrected chi connectivity index (χ3v) is 1.19. The van der Waals surface area contributed by atoms with Gasteiger partial charge in [-0.15, -0.1) is 0 Å². The molecule has 0 radical (unpaired) electrons. The van der Waals surface area contributed by atoms with Crippen LogP contribution in [0.4, 0.5) is 0 Å². The van der Waals surface area contributed by atoms with Gasteiger partial charge in [0.1, 0.15) is 0 Å². The smallest absolute Gasteiger partial charge is 0.172 e. The molecule has 0 aromatic carbocycles. The lowest BCUT2D eigenvalue weighted by Gasteiger charge is -1.96. The topological polar surface area (TPSA) is 40.9 Å². The van der Waals surface area contributed by atoms with Gasteiger partial charge < -0.3 is 0 Å². The second kappa shape index (κ2) is 4.75. The standard InChI is InChI=1S/C8H11NO/c1-3-4-7(2)8(10)5-6-9/h2-5H2,1H3. The Labute approximate surface area is 61.2 Å². The summed E-state index contributed by atoms with van der Waals surface area (Å²) in [5, 5.41) is 8.14. The van der Waals surface area contributed by atoms with Gasteiger partial charge in [-0.1, -0.05) is 19.9 Å². The van der Waals surface area contributed by atoms with E-state index in [0.29, 0.717) is 12.0 Å². The molecule has 0 aliphatic heterocycles. The maximum Gasteiger partial charge on any atom is 0.172 e. The molecule has 0 saturated carbocycles. The zero-order valence-corrected chi connectivity index (χ0v) is 6.18. The average Bonchev–Trinajstić information content (AvgIpc) is 1.89. The summed E-state index contributed by atoms with van der Waals surface area (Å²) in [5.41, 5.74) is 0.573. The fourth-order valence-electron chi connectivity index (χ4n) is 0.638. The number of carbonyl (C=O) groups excluding carboxylic acids is 1. The molecule has 54 valence electrons. The summed E-state index contributed by atoms with van der Waals surface area (Å²) in [5.74, 6) is -0.121. The molecule has 0 N–H and O–H groups in total. The lowest BCUT2D eigenvalue weighted by Crippen LogP contribution is -1.98. The van der Waals surface area contributed by atoms with Gasteiger partial charge >= 0.3 is 0 Å². The van der Waals surface area contributed by atoms with Crippen molar-refractivity contribution in [2.45, 2.75) is 26.2 Å². The first-order valence-corrected chi connectivity index (χ1v) is 3.30. The highest BCUT2D eigenvalue weighted by Crippen LogP contribution is 2.04. The third-order valence-electron chi connectivity index (χ3n) is 1.19. The fourth-order valence-corrected chi connectivity index (χ4v) is 0.638. The lowest BCUT2D eigenvalue weighted by atomic mass is 10.1. The predicted octanol–water partition coefficient (Wildman–Crippen LogP) is 1.83. The Hall–Kier alpha value is -1.10. The van der Waals surface area contributed by atoms with Crippen LogP contribution in [0.1, 0.15) is 26.2 Å². The molecule has 0 rings (SSSR count). The van der Waals surface area contributed by atoms with Crippen LogP contribution in [0.25, 0.3) is 0 Å². The third kappa shape index (κ3) is 3.03. The maximum absolute atomic E-state index is 10.8. The molecule has 0 atom stereocenters. The fraction of sp³-hybridized carbons (Fsp3) is 0.500. The van der Waals surface area contributed by atoms with E-state index < -0.39 is 0 Å². The van der Waals surface area contributed by atoms with E-state index in [2.05, 4.69) is 6.58 Å².